The lowest BCUT2D eigenvalue weighted by molar-refractivity contribution is -0.394. The van der Waals surface area contributed by atoms with Crippen molar-refractivity contribution in [2.75, 3.05) is 19.1 Å². The number of fused-ring (bicyclic) bond motifs is 1. The van der Waals surface area contributed by atoms with Crippen molar-refractivity contribution in [1.82, 2.24) is 0 Å². The molecule has 0 aliphatic carbocycles. The number of rotatable bonds is 3. The molecule has 0 bridgehead atoms. The van der Waals surface area contributed by atoms with Crippen molar-refractivity contribution in [1.29, 1.82) is 0 Å². The van der Waals surface area contributed by atoms with Crippen LogP contribution in [0.15, 0.2) is 17.0 Å². The van der Waals surface area contributed by atoms with Crippen LogP contribution in [-0.2, 0) is 24.1 Å². The van der Waals surface area contributed by atoms with Gasteiger partial charge in [-0.2, -0.15) is 0 Å². The first-order valence-corrected chi connectivity index (χ1v) is 7.78. The van der Waals surface area contributed by atoms with E-state index < -0.39 is 59.1 Å². The summed E-state index contributed by atoms with van der Waals surface area (Å²) in [5.74, 6) is -1.42. The Balaban J connectivity index is 2.95. The fourth-order valence-corrected chi connectivity index (χ4v) is 4.09. The van der Waals surface area contributed by atoms with E-state index in [-0.39, 0.29) is 4.90 Å². The van der Waals surface area contributed by atoms with E-state index in [1.165, 1.54) is 0 Å². The third kappa shape index (κ3) is 2.61. The van der Waals surface area contributed by atoms with Crippen molar-refractivity contribution in [3.05, 3.63) is 32.4 Å². The third-order valence-corrected chi connectivity index (χ3v) is 5.21. The van der Waals surface area contributed by atoms with Gasteiger partial charge >= 0.3 is 17.7 Å². The van der Waals surface area contributed by atoms with Crippen LogP contribution in [0.25, 0.3) is 0 Å². The van der Waals surface area contributed by atoms with Gasteiger partial charge in [0.2, 0.25) is 15.2 Å². The van der Waals surface area contributed by atoms with E-state index in [2.05, 4.69) is 9.47 Å². The first-order chi connectivity index (χ1) is 11.6. The lowest BCUT2D eigenvalue weighted by Crippen LogP contribution is -2.46. The minimum absolute atomic E-state index is 0.221. The highest BCUT2D eigenvalue weighted by Gasteiger charge is 2.55. The minimum atomic E-state index is -4.73. The van der Waals surface area contributed by atoms with E-state index in [1.54, 1.807) is 0 Å². The lowest BCUT2D eigenvalue weighted by atomic mass is 10.2. The van der Waals surface area contributed by atoms with E-state index in [1.807, 2.05) is 0 Å². The number of sulfone groups is 1. The summed E-state index contributed by atoms with van der Waals surface area (Å²) in [4.78, 5) is 43.1. The molecule has 0 saturated heterocycles. The number of esters is 1. The van der Waals surface area contributed by atoms with Gasteiger partial charge in [0.1, 0.15) is 10.6 Å². The zero-order valence-electron chi connectivity index (χ0n) is 12.6. The second-order valence-corrected chi connectivity index (χ2v) is 6.56. The standard InChI is InChI=1S/C11H9N3O10S/c1-23-10(15)9-12(11(16)24-2)8-6(14(19)20)3-5(13(17)18)4-7(8)25(9,21)22/h3-4,9H,1-2H3/t9-/m1/s1. The van der Waals surface area contributed by atoms with Crippen LogP contribution < -0.4 is 4.90 Å². The Bertz CT molecular complexity index is 909. The van der Waals surface area contributed by atoms with Gasteiger partial charge in [-0.05, 0) is 0 Å². The van der Waals surface area contributed by atoms with Gasteiger partial charge in [-0.1, -0.05) is 0 Å². The minimum Gasteiger partial charge on any atom is -0.467 e. The van der Waals surface area contributed by atoms with Crippen LogP contribution in [0.5, 0.6) is 0 Å². The predicted octanol–water partition coefficient (Wildman–Crippen LogP) is 0.362. The van der Waals surface area contributed by atoms with Gasteiger partial charge in [-0.15, -0.1) is 0 Å². The average Bonchev–Trinajstić information content (AvgIpc) is 2.80. The summed E-state index contributed by atoms with van der Waals surface area (Å²) in [5.41, 5.74) is -2.76. The normalized spacial score (nSPS) is 17.5. The van der Waals surface area contributed by atoms with Gasteiger partial charge in [0, 0.05) is 6.07 Å². The first kappa shape index (κ1) is 18.1. The summed E-state index contributed by atoms with van der Waals surface area (Å²) in [5, 5.41) is 19.9. The SMILES string of the molecule is COC(=O)[C@@H]1N(C(=O)OC)c2c([N+](=O)[O-])cc([N+](=O)[O-])cc2S1(=O)=O. The second kappa shape index (κ2) is 5.97. The largest absolute Gasteiger partial charge is 0.467 e. The number of hydrogen-bond acceptors (Lipinski definition) is 10. The molecule has 0 radical (unpaired) electrons. The van der Waals surface area contributed by atoms with Crippen LogP contribution >= 0.6 is 0 Å². The van der Waals surface area contributed by atoms with E-state index in [0.29, 0.717) is 12.1 Å². The van der Waals surface area contributed by atoms with Gasteiger partial charge in [-0.25, -0.2) is 22.9 Å². The molecule has 0 N–H and O–H groups in total. The van der Waals surface area contributed by atoms with Crippen LogP contribution in [0.2, 0.25) is 0 Å². The van der Waals surface area contributed by atoms with Crippen LogP contribution in [-0.4, -0.2) is 49.9 Å². The molecule has 0 saturated carbocycles. The van der Waals surface area contributed by atoms with Crippen LogP contribution in [0.3, 0.4) is 0 Å². The summed E-state index contributed by atoms with van der Waals surface area (Å²) >= 11 is 0. The van der Waals surface area contributed by atoms with Crippen LogP contribution in [0.1, 0.15) is 0 Å². The molecule has 1 aromatic rings. The third-order valence-electron chi connectivity index (χ3n) is 3.30. The molecule has 13 nitrogen and oxygen atoms in total. The number of non-ortho nitro benzene ring substituents is 1. The van der Waals surface area contributed by atoms with Crippen molar-refractivity contribution < 1.29 is 37.3 Å². The summed E-state index contributed by atoms with van der Waals surface area (Å²) < 4.78 is 33.9. The molecule has 1 heterocycles. The summed E-state index contributed by atoms with van der Waals surface area (Å²) in [6.45, 7) is 0. The zero-order chi connectivity index (χ0) is 19.1. The molecular weight excluding hydrogens is 366 g/mol. The predicted molar refractivity (Wildman–Crippen MR) is 77.6 cm³/mol. The van der Waals surface area contributed by atoms with Crippen LogP contribution in [0.4, 0.5) is 21.9 Å². The Hall–Kier alpha value is -3.29. The molecule has 1 atom stereocenters. The van der Waals surface area contributed by atoms with Gasteiger partial charge in [-0.3, -0.25) is 20.2 Å². The van der Waals surface area contributed by atoms with Gasteiger partial charge in [0.15, 0.2) is 0 Å². The highest BCUT2D eigenvalue weighted by atomic mass is 32.2. The van der Waals surface area contributed by atoms with E-state index in [4.69, 9.17) is 0 Å². The first-order valence-electron chi connectivity index (χ1n) is 6.23. The Morgan fingerprint density at radius 3 is 2.16 bits per heavy atom. The molecule has 0 spiro atoms. The molecule has 1 aliphatic heterocycles. The Morgan fingerprint density at radius 2 is 1.72 bits per heavy atom. The molecule has 0 fully saturated rings. The molecule has 25 heavy (non-hydrogen) atoms. The van der Waals surface area contributed by atoms with Crippen molar-refractivity contribution in [3.8, 4) is 0 Å². The summed E-state index contributed by atoms with van der Waals surface area (Å²) in [7, 11) is -3.03. The molecule has 1 aromatic carbocycles. The molecule has 14 heteroatoms. The van der Waals surface area contributed by atoms with Crippen LogP contribution in [0, 0.1) is 20.2 Å². The van der Waals surface area contributed by atoms with E-state index >= 15 is 0 Å². The average molecular weight is 375 g/mol. The second-order valence-electron chi connectivity index (χ2n) is 4.59. The highest BCUT2D eigenvalue weighted by molar-refractivity contribution is 7.93. The van der Waals surface area contributed by atoms with Gasteiger partial charge in [0.25, 0.3) is 5.69 Å². The number of carbonyl (C=O) groups excluding carboxylic acids is 2. The summed E-state index contributed by atoms with van der Waals surface area (Å²) in [6, 6.07) is 1.00. The number of nitrogens with zero attached hydrogens (tertiary/aromatic N) is 3. The molecule has 0 aromatic heterocycles. The molecule has 0 unspecified atom stereocenters. The number of anilines is 1. The maximum atomic E-state index is 12.6. The fraction of sp³-hybridized carbons (Fsp3) is 0.273. The monoisotopic (exact) mass is 375 g/mol. The van der Waals surface area contributed by atoms with E-state index in [0.717, 1.165) is 14.2 Å². The maximum Gasteiger partial charge on any atom is 0.415 e. The number of methoxy groups -OCH3 is 2. The Kier molecular flexibility index (Phi) is 4.31. The number of amides is 1. The number of carbonyl (C=O) groups is 2. The number of nitro groups is 2. The maximum absolute atomic E-state index is 12.6. The van der Waals surface area contributed by atoms with E-state index in [9.17, 15) is 38.2 Å². The summed E-state index contributed by atoms with van der Waals surface area (Å²) in [6.07, 6.45) is -1.39. The Morgan fingerprint density at radius 1 is 1.12 bits per heavy atom. The quantitative estimate of drug-likeness (QED) is 0.407. The van der Waals surface area contributed by atoms with Gasteiger partial charge < -0.3 is 9.47 Å². The fourth-order valence-electron chi connectivity index (χ4n) is 2.28. The number of nitro benzene ring substituents is 2. The lowest BCUT2D eigenvalue weighted by Gasteiger charge is -2.20. The van der Waals surface area contributed by atoms with Crippen molar-refractivity contribution >= 4 is 39.0 Å². The molecular formula is C11H9N3O10S. The Labute approximate surface area is 138 Å². The van der Waals surface area contributed by atoms with Crippen molar-refractivity contribution in [3.63, 3.8) is 0 Å². The number of benzene rings is 1. The number of ether oxygens (including phenoxy) is 2. The molecule has 134 valence electrons. The zero-order valence-corrected chi connectivity index (χ0v) is 13.4. The molecule has 2 rings (SSSR count). The molecule has 1 aliphatic rings. The number of hydrogen-bond donors (Lipinski definition) is 0. The van der Waals surface area contributed by atoms with Crippen molar-refractivity contribution in [2.24, 2.45) is 0 Å². The van der Waals surface area contributed by atoms with Crippen molar-refractivity contribution in [2.45, 2.75) is 10.3 Å². The topological polar surface area (TPSA) is 176 Å². The smallest absolute Gasteiger partial charge is 0.415 e. The van der Waals surface area contributed by atoms with Gasteiger partial charge in [0.05, 0.1) is 30.1 Å². The highest BCUT2D eigenvalue weighted by Crippen LogP contribution is 2.47. The molecule has 1 amide bonds.